The number of rotatable bonds is 5. The van der Waals surface area contributed by atoms with Crippen molar-refractivity contribution < 1.29 is 28.2 Å². The van der Waals surface area contributed by atoms with Crippen LogP contribution < -0.4 is 0 Å². The summed E-state index contributed by atoms with van der Waals surface area (Å²) in [6.07, 6.45) is 1.08. The van der Waals surface area contributed by atoms with Crippen molar-refractivity contribution in [2.45, 2.75) is 19.8 Å². The molecule has 1 aromatic carbocycles. The molecule has 0 spiro atoms. The smallest absolute Gasteiger partial charge is 0.348 e. The van der Waals surface area contributed by atoms with Crippen LogP contribution in [0.2, 0.25) is 0 Å². The summed E-state index contributed by atoms with van der Waals surface area (Å²) in [6.45, 7) is 2.62. The van der Waals surface area contributed by atoms with Crippen LogP contribution in [0, 0.1) is 11.7 Å². The molecule has 8 heteroatoms. The van der Waals surface area contributed by atoms with Crippen molar-refractivity contribution in [3.63, 3.8) is 0 Å². The molecule has 3 rings (SSSR count). The highest BCUT2D eigenvalue weighted by Gasteiger charge is 2.28. The van der Waals surface area contributed by atoms with Crippen LogP contribution in [0.15, 0.2) is 24.3 Å². The average Bonchev–Trinajstić information content (AvgIpc) is 3.09. The Balaban J connectivity index is 1.50. The van der Waals surface area contributed by atoms with Gasteiger partial charge in [0.1, 0.15) is 10.7 Å². The second-order valence-corrected chi connectivity index (χ2v) is 7.36. The molecule has 0 saturated carbocycles. The minimum Gasteiger partial charge on any atom is -0.466 e. The summed E-state index contributed by atoms with van der Waals surface area (Å²) in [6, 6.07) is 5.84. The van der Waals surface area contributed by atoms with Gasteiger partial charge in [0.15, 0.2) is 6.61 Å². The maximum atomic E-state index is 13.2. The molecule has 1 fully saturated rings. The van der Waals surface area contributed by atoms with Crippen LogP contribution in [0.4, 0.5) is 4.39 Å². The number of piperidine rings is 1. The fourth-order valence-corrected chi connectivity index (χ4v) is 3.97. The van der Waals surface area contributed by atoms with Crippen LogP contribution in [-0.4, -0.2) is 49.0 Å². The summed E-state index contributed by atoms with van der Waals surface area (Å²) >= 11 is 1.19. The van der Waals surface area contributed by atoms with Crippen LogP contribution in [0.25, 0.3) is 10.1 Å². The first-order valence-corrected chi connectivity index (χ1v) is 9.60. The fourth-order valence-electron chi connectivity index (χ4n) is 3.03. The number of benzene rings is 1. The molecule has 1 amide bonds. The molecule has 0 bridgehead atoms. The van der Waals surface area contributed by atoms with Crippen molar-refractivity contribution >= 4 is 39.3 Å². The molecular weight excluding hydrogens is 373 g/mol. The van der Waals surface area contributed by atoms with Crippen molar-refractivity contribution in [1.82, 2.24) is 4.90 Å². The number of nitrogens with zero attached hydrogens (tertiary/aromatic N) is 1. The number of amides is 1. The molecule has 0 N–H and O–H groups in total. The molecule has 1 saturated heterocycles. The minimum atomic E-state index is -0.605. The van der Waals surface area contributed by atoms with E-state index in [-0.39, 0.29) is 30.2 Å². The van der Waals surface area contributed by atoms with Gasteiger partial charge in [0, 0.05) is 17.8 Å². The molecule has 0 radical (unpaired) electrons. The minimum absolute atomic E-state index is 0.185. The van der Waals surface area contributed by atoms with Gasteiger partial charge in [0.05, 0.1) is 12.5 Å². The van der Waals surface area contributed by atoms with E-state index in [1.54, 1.807) is 24.0 Å². The summed E-state index contributed by atoms with van der Waals surface area (Å²) < 4.78 is 24.1. The van der Waals surface area contributed by atoms with Crippen molar-refractivity contribution in [1.29, 1.82) is 0 Å². The number of fused-ring (bicyclic) bond motifs is 1. The number of hydrogen-bond donors (Lipinski definition) is 0. The van der Waals surface area contributed by atoms with Gasteiger partial charge in [-0.3, -0.25) is 9.59 Å². The Hall–Kier alpha value is -2.48. The van der Waals surface area contributed by atoms with Crippen LogP contribution in [-0.2, 0) is 19.1 Å². The predicted molar refractivity (Wildman–Crippen MR) is 98.0 cm³/mol. The highest BCUT2D eigenvalue weighted by molar-refractivity contribution is 7.20. The Morgan fingerprint density at radius 3 is 2.63 bits per heavy atom. The number of ether oxygens (including phenoxy) is 2. The zero-order chi connectivity index (χ0) is 19.4. The lowest BCUT2D eigenvalue weighted by molar-refractivity contribution is -0.151. The summed E-state index contributed by atoms with van der Waals surface area (Å²) in [5.41, 5.74) is 0. The van der Waals surface area contributed by atoms with E-state index in [1.807, 2.05) is 0 Å². The zero-order valence-corrected chi connectivity index (χ0v) is 15.7. The molecule has 2 heterocycles. The third-order valence-corrected chi connectivity index (χ3v) is 5.57. The summed E-state index contributed by atoms with van der Waals surface area (Å²) in [4.78, 5) is 38.0. The SMILES string of the molecule is CCOC(=O)C1CCN(C(=O)COC(=O)c2cc3cc(F)ccc3s2)CC1. The van der Waals surface area contributed by atoms with Gasteiger partial charge in [-0.25, -0.2) is 9.18 Å². The number of likely N-dealkylation sites (tertiary alicyclic amines) is 1. The van der Waals surface area contributed by atoms with Crippen LogP contribution >= 0.6 is 11.3 Å². The maximum absolute atomic E-state index is 13.2. The van der Waals surface area contributed by atoms with Gasteiger partial charge in [-0.2, -0.15) is 0 Å². The molecule has 0 atom stereocenters. The molecule has 1 aromatic heterocycles. The van der Waals surface area contributed by atoms with E-state index in [4.69, 9.17) is 9.47 Å². The highest BCUT2D eigenvalue weighted by atomic mass is 32.1. The van der Waals surface area contributed by atoms with Gasteiger partial charge in [-0.05, 0) is 49.4 Å². The van der Waals surface area contributed by atoms with Gasteiger partial charge in [0.2, 0.25) is 0 Å². The van der Waals surface area contributed by atoms with E-state index in [0.717, 1.165) is 4.70 Å². The third-order valence-electron chi connectivity index (χ3n) is 4.47. The van der Waals surface area contributed by atoms with Crippen LogP contribution in [0.1, 0.15) is 29.4 Å². The van der Waals surface area contributed by atoms with E-state index < -0.39 is 5.97 Å². The van der Waals surface area contributed by atoms with Gasteiger partial charge < -0.3 is 14.4 Å². The lowest BCUT2D eigenvalue weighted by atomic mass is 9.97. The number of hydrogen-bond acceptors (Lipinski definition) is 6. The molecule has 2 aromatic rings. The molecule has 6 nitrogen and oxygen atoms in total. The number of thiophene rings is 1. The van der Waals surface area contributed by atoms with Gasteiger partial charge >= 0.3 is 11.9 Å². The fraction of sp³-hybridized carbons (Fsp3) is 0.421. The first-order valence-electron chi connectivity index (χ1n) is 8.78. The second-order valence-electron chi connectivity index (χ2n) is 6.28. The Kier molecular flexibility index (Phi) is 6.05. The molecule has 144 valence electrons. The summed E-state index contributed by atoms with van der Waals surface area (Å²) in [5, 5.41) is 0.624. The normalized spacial score (nSPS) is 15.0. The van der Waals surface area contributed by atoms with Crippen molar-refractivity contribution in [3.05, 3.63) is 35.0 Å². The first kappa shape index (κ1) is 19.3. The second kappa shape index (κ2) is 8.47. The molecule has 0 aliphatic carbocycles. The Bertz CT molecular complexity index is 857. The van der Waals surface area contributed by atoms with Gasteiger partial charge in [-0.1, -0.05) is 0 Å². The maximum Gasteiger partial charge on any atom is 0.348 e. The monoisotopic (exact) mass is 393 g/mol. The van der Waals surface area contributed by atoms with Crippen molar-refractivity contribution in [3.8, 4) is 0 Å². The Morgan fingerprint density at radius 1 is 1.19 bits per heavy atom. The van der Waals surface area contributed by atoms with E-state index in [1.165, 1.54) is 23.5 Å². The van der Waals surface area contributed by atoms with E-state index in [9.17, 15) is 18.8 Å². The summed E-state index contributed by atoms with van der Waals surface area (Å²) in [5.74, 6) is -1.68. The molecule has 27 heavy (non-hydrogen) atoms. The molecular formula is C19H20FNO5S. The van der Waals surface area contributed by atoms with Crippen LogP contribution in [0.5, 0.6) is 0 Å². The van der Waals surface area contributed by atoms with Crippen LogP contribution in [0.3, 0.4) is 0 Å². The van der Waals surface area contributed by atoms with Gasteiger partial charge in [0.25, 0.3) is 5.91 Å². The first-order chi connectivity index (χ1) is 13.0. The number of carbonyl (C=O) groups is 3. The largest absolute Gasteiger partial charge is 0.466 e. The summed E-state index contributed by atoms with van der Waals surface area (Å²) in [7, 11) is 0. The molecule has 0 unspecified atom stereocenters. The number of halogens is 1. The number of carbonyl (C=O) groups excluding carboxylic acids is 3. The van der Waals surface area contributed by atoms with E-state index >= 15 is 0 Å². The van der Waals surface area contributed by atoms with Crippen molar-refractivity contribution in [2.75, 3.05) is 26.3 Å². The topological polar surface area (TPSA) is 72.9 Å². The molecule has 1 aliphatic heterocycles. The lowest BCUT2D eigenvalue weighted by Gasteiger charge is -2.30. The molecule has 1 aliphatic rings. The quantitative estimate of drug-likeness (QED) is 0.730. The highest BCUT2D eigenvalue weighted by Crippen LogP contribution is 2.27. The standard InChI is InChI=1S/C19H20FNO5S/c1-2-25-18(23)12-5-7-21(8-6-12)17(22)11-26-19(24)16-10-13-9-14(20)3-4-15(13)27-16/h3-4,9-10,12H,2,5-8,11H2,1H3. The Morgan fingerprint density at radius 2 is 1.93 bits per heavy atom. The van der Waals surface area contributed by atoms with E-state index in [2.05, 4.69) is 0 Å². The Labute approximate surface area is 159 Å². The average molecular weight is 393 g/mol. The lowest BCUT2D eigenvalue weighted by Crippen LogP contribution is -2.42. The third kappa shape index (κ3) is 4.63. The van der Waals surface area contributed by atoms with Crippen molar-refractivity contribution in [2.24, 2.45) is 5.92 Å². The number of esters is 2. The predicted octanol–water partition coefficient (Wildman–Crippen LogP) is 3.00. The zero-order valence-electron chi connectivity index (χ0n) is 14.9. The van der Waals surface area contributed by atoms with Gasteiger partial charge in [-0.15, -0.1) is 11.3 Å². The van der Waals surface area contributed by atoms with E-state index in [0.29, 0.717) is 42.8 Å².